The minimum absolute atomic E-state index is 0.0587. The molecular weight excluding hydrogens is 438 g/mol. The highest BCUT2D eigenvalue weighted by Gasteiger charge is 2.28. The number of nitrogens with zero attached hydrogens (tertiary/aromatic N) is 1. The van der Waals surface area contributed by atoms with E-state index in [0.29, 0.717) is 37.2 Å². The van der Waals surface area contributed by atoms with Gasteiger partial charge in [-0.25, -0.2) is 16.8 Å². The Labute approximate surface area is 182 Å². The zero-order chi connectivity index (χ0) is 22.2. The van der Waals surface area contributed by atoms with Gasteiger partial charge in [-0.15, -0.1) is 0 Å². The highest BCUT2D eigenvalue weighted by molar-refractivity contribution is 7.92. The number of nitrogens with one attached hydrogen (secondary N) is 2. The zero-order valence-corrected chi connectivity index (χ0v) is 18.9. The number of aryl methyl sites for hydroxylation is 2. The van der Waals surface area contributed by atoms with Crippen LogP contribution < -0.4 is 10.0 Å². The van der Waals surface area contributed by atoms with E-state index in [9.17, 15) is 21.6 Å². The molecule has 4 rings (SSSR count). The summed E-state index contributed by atoms with van der Waals surface area (Å²) in [5, 5.41) is 2.72. The fourth-order valence-corrected chi connectivity index (χ4v) is 6.79. The van der Waals surface area contributed by atoms with Crippen molar-refractivity contribution in [2.75, 3.05) is 23.1 Å². The van der Waals surface area contributed by atoms with Crippen LogP contribution in [0, 0.1) is 6.92 Å². The van der Waals surface area contributed by atoms with Gasteiger partial charge in [-0.1, -0.05) is 12.5 Å². The summed E-state index contributed by atoms with van der Waals surface area (Å²) in [7, 11) is -7.63. The summed E-state index contributed by atoms with van der Waals surface area (Å²) in [4.78, 5) is 11.7. The molecule has 8 nitrogen and oxygen atoms in total. The number of sulfonamides is 2. The predicted molar refractivity (Wildman–Crippen MR) is 118 cm³/mol. The van der Waals surface area contributed by atoms with E-state index in [1.165, 1.54) is 22.5 Å². The molecule has 2 aromatic carbocycles. The van der Waals surface area contributed by atoms with E-state index in [1.807, 2.05) is 0 Å². The Kier molecular flexibility index (Phi) is 5.80. The molecule has 0 spiro atoms. The van der Waals surface area contributed by atoms with Gasteiger partial charge >= 0.3 is 0 Å². The number of benzene rings is 2. The average molecular weight is 464 g/mol. The van der Waals surface area contributed by atoms with E-state index in [1.54, 1.807) is 25.1 Å². The van der Waals surface area contributed by atoms with Crippen molar-refractivity contribution in [3.05, 3.63) is 47.5 Å². The van der Waals surface area contributed by atoms with Crippen LogP contribution in [0.5, 0.6) is 0 Å². The van der Waals surface area contributed by atoms with Gasteiger partial charge in [0.1, 0.15) is 0 Å². The van der Waals surface area contributed by atoms with Gasteiger partial charge in [-0.2, -0.15) is 4.31 Å². The molecule has 1 amide bonds. The molecule has 0 atom stereocenters. The largest absolute Gasteiger partial charge is 0.326 e. The highest BCUT2D eigenvalue weighted by Crippen LogP contribution is 2.29. The van der Waals surface area contributed by atoms with Gasteiger partial charge in [0, 0.05) is 25.2 Å². The molecule has 1 fully saturated rings. The molecule has 2 aliphatic rings. The van der Waals surface area contributed by atoms with E-state index in [-0.39, 0.29) is 21.4 Å². The van der Waals surface area contributed by atoms with E-state index in [2.05, 4.69) is 10.0 Å². The smallest absolute Gasteiger partial charge is 0.261 e. The first kappa shape index (κ1) is 21.8. The molecule has 10 heteroatoms. The third kappa shape index (κ3) is 4.46. The molecular formula is C21H25N3O5S2. The SMILES string of the molecule is Cc1ccc(NS(=O)(=O)c2ccc3c(c2)CCC(=O)N3)cc1S(=O)(=O)N1CCCCC1. The van der Waals surface area contributed by atoms with Gasteiger partial charge in [-0.05, 0) is 67.6 Å². The molecule has 0 aliphatic carbocycles. The lowest BCUT2D eigenvalue weighted by Crippen LogP contribution is -2.36. The van der Waals surface area contributed by atoms with Crippen LogP contribution in [0.2, 0.25) is 0 Å². The summed E-state index contributed by atoms with van der Waals surface area (Å²) in [6.45, 7) is 2.65. The van der Waals surface area contributed by atoms with Gasteiger partial charge < -0.3 is 5.32 Å². The Morgan fingerprint density at radius 2 is 1.68 bits per heavy atom. The van der Waals surface area contributed by atoms with E-state index >= 15 is 0 Å². The van der Waals surface area contributed by atoms with Crippen molar-refractivity contribution >= 4 is 37.3 Å². The van der Waals surface area contributed by atoms with Crippen molar-refractivity contribution < 1.29 is 21.6 Å². The number of hydrogen-bond donors (Lipinski definition) is 2. The monoisotopic (exact) mass is 463 g/mol. The molecule has 1 saturated heterocycles. The summed E-state index contributed by atoms with van der Waals surface area (Å²) >= 11 is 0. The Bertz CT molecular complexity index is 1230. The Morgan fingerprint density at radius 3 is 2.42 bits per heavy atom. The molecule has 2 aliphatic heterocycles. The molecule has 0 bridgehead atoms. The predicted octanol–water partition coefficient (Wildman–Crippen LogP) is 2.86. The first-order valence-corrected chi connectivity index (χ1v) is 13.2. The second-order valence-electron chi connectivity index (χ2n) is 7.92. The quantitative estimate of drug-likeness (QED) is 0.708. The molecule has 2 heterocycles. The molecule has 0 radical (unpaired) electrons. The zero-order valence-electron chi connectivity index (χ0n) is 17.2. The first-order valence-electron chi connectivity index (χ1n) is 10.2. The van der Waals surface area contributed by atoms with Crippen LogP contribution in [-0.2, 0) is 31.3 Å². The number of carbonyl (C=O) groups excluding carboxylic acids is 1. The average Bonchev–Trinajstić information content (AvgIpc) is 2.75. The molecule has 2 aromatic rings. The van der Waals surface area contributed by atoms with Crippen molar-refractivity contribution in [2.24, 2.45) is 0 Å². The Balaban J connectivity index is 1.62. The molecule has 166 valence electrons. The van der Waals surface area contributed by atoms with Crippen LogP contribution in [0.3, 0.4) is 0 Å². The van der Waals surface area contributed by atoms with E-state index < -0.39 is 20.0 Å². The molecule has 2 N–H and O–H groups in total. The molecule has 31 heavy (non-hydrogen) atoms. The third-order valence-electron chi connectivity index (χ3n) is 5.66. The van der Waals surface area contributed by atoms with Crippen LogP contribution in [0.1, 0.15) is 36.8 Å². The second-order valence-corrected chi connectivity index (χ2v) is 11.5. The van der Waals surface area contributed by atoms with E-state index in [0.717, 1.165) is 24.8 Å². The molecule has 0 aromatic heterocycles. The van der Waals surface area contributed by atoms with Crippen molar-refractivity contribution in [3.8, 4) is 0 Å². The van der Waals surface area contributed by atoms with Crippen LogP contribution in [0.25, 0.3) is 0 Å². The Hall–Kier alpha value is -2.43. The Morgan fingerprint density at radius 1 is 0.935 bits per heavy atom. The lowest BCUT2D eigenvalue weighted by atomic mass is 10.0. The van der Waals surface area contributed by atoms with Gasteiger partial charge in [0.05, 0.1) is 15.5 Å². The standard InChI is InChI=1S/C21H25N3O5S2/c1-15-5-7-17(14-20(15)31(28,29)24-11-3-2-4-12-24)23-30(26,27)18-8-9-19-16(13-18)6-10-21(25)22-19/h5,7-9,13-14,23H,2-4,6,10-12H2,1H3,(H,22,25). The number of piperidine rings is 1. The van der Waals surface area contributed by atoms with Crippen LogP contribution in [-0.4, -0.2) is 40.1 Å². The normalized spacial score (nSPS) is 17.6. The summed E-state index contributed by atoms with van der Waals surface area (Å²) in [5.41, 5.74) is 2.12. The van der Waals surface area contributed by atoms with E-state index in [4.69, 9.17) is 0 Å². The van der Waals surface area contributed by atoms with Crippen molar-refractivity contribution in [2.45, 2.75) is 48.8 Å². The summed E-state index contributed by atoms with van der Waals surface area (Å²) < 4.78 is 56.0. The number of anilines is 2. The first-order chi connectivity index (χ1) is 14.7. The molecule has 0 unspecified atom stereocenters. The maximum absolute atomic E-state index is 13.1. The second kappa shape index (κ2) is 8.25. The topological polar surface area (TPSA) is 113 Å². The number of amides is 1. The summed E-state index contributed by atoms with van der Waals surface area (Å²) in [6.07, 6.45) is 3.43. The number of rotatable bonds is 5. The minimum atomic E-state index is -3.93. The number of fused-ring (bicyclic) bond motifs is 1. The minimum Gasteiger partial charge on any atom is -0.326 e. The van der Waals surface area contributed by atoms with Crippen LogP contribution in [0.4, 0.5) is 11.4 Å². The summed E-state index contributed by atoms with van der Waals surface area (Å²) in [5.74, 6) is -0.0941. The maximum atomic E-state index is 13.1. The number of hydrogen-bond acceptors (Lipinski definition) is 5. The lowest BCUT2D eigenvalue weighted by Gasteiger charge is -2.26. The maximum Gasteiger partial charge on any atom is 0.261 e. The van der Waals surface area contributed by atoms with Gasteiger partial charge in [0.15, 0.2) is 0 Å². The van der Waals surface area contributed by atoms with Gasteiger partial charge in [0.2, 0.25) is 15.9 Å². The fourth-order valence-electron chi connectivity index (χ4n) is 3.93. The van der Waals surface area contributed by atoms with Crippen LogP contribution in [0.15, 0.2) is 46.2 Å². The van der Waals surface area contributed by atoms with Crippen LogP contribution >= 0.6 is 0 Å². The third-order valence-corrected chi connectivity index (χ3v) is 9.08. The highest BCUT2D eigenvalue weighted by atomic mass is 32.2. The lowest BCUT2D eigenvalue weighted by molar-refractivity contribution is -0.116. The van der Waals surface area contributed by atoms with Crippen molar-refractivity contribution in [3.63, 3.8) is 0 Å². The van der Waals surface area contributed by atoms with Crippen molar-refractivity contribution in [1.29, 1.82) is 0 Å². The summed E-state index contributed by atoms with van der Waals surface area (Å²) in [6, 6.07) is 9.08. The fraction of sp³-hybridized carbons (Fsp3) is 0.381. The molecule has 0 saturated carbocycles. The van der Waals surface area contributed by atoms with Gasteiger partial charge in [0.25, 0.3) is 10.0 Å². The number of carbonyl (C=O) groups is 1. The van der Waals surface area contributed by atoms with Crippen molar-refractivity contribution in [1.82, 2.24) is 4.31 Å². The van der Waals surface area contributed by atoms with Gasteiger partial charge in [-0.3, -0.25) is 9.52 Å².